The van der Waals surface area contributed by atoms with Crippen LogP contribution in [0.5, 0.6) is 0 Å². The van der Waals surface area contributed by atoms with Gasteiger partial charge in [0.2, 0.25) is 5.91 Å². The second-order valence-corrected chi connectivity index (χ2v) is 9.33. The fraction of sp³-hybridized carbons (Fsp3) is 0.385. The maximum atomic E-state index is 12.3. The summed E-state index contributed by atoms with van der Waals surface area (Å²) < 4.78 is 0. The van der Waals surface area contributed by atoms with Crippen molar-refractivity contribution in [2.45, 2.75) is 25.3 Å². The number of hydrogen-bond acceptors (Lipinski definition) is 7. The minimum Gasteiger partial charge on any atom is -0.383 e. The lowest BCUT2D eigenvalue weighted by molar-refractivity contribution is -0.348. The fourth-order valence-corrected chi connectivity index (χ4v) is 4.95. The number of aromatic nitrogens is 2. The normalized spacial score (nSPS) is 21.3. The van der Waals surface area contributed by atoms with Gasteiger partial charge < -0.3 is 25.8 Å². The van der Waals surface area contributed by atoms with E-state index in [9.17, 15) is 4.79 Å². The predicted octanol–water partition coefficient (Wildman–Crippen LogP) is 1.30. The Labute approximate surface area is 206 Å². The summed E-state index contributed by atoms with van der Waals surface area (Å²) >= 11 is 0. The van der Waals surface area contributed by atoms with Crippen molar-refractivity contribution in [2.75, 3.05) is 55.7 Å². The molecule has 0 saturated carbocycles. The molecule has 182 valence electrons. The number of nitrogens with one attached hydrogen (secondary N) is 2. The number of nitrogen functional groups attached to an aromatic ring is 1. The van der Waals surface area contributed by atoms with E-state index in [-0.39, 0.29) is 11.9 Å². The van der Waals surface area contributed by atoms with Gasteiger partial charge >= 0.3 is 11.8 Å². The number of benzene rings is 1. The summed E-state index contributed by atoms with van der Waals surface area (Å²) in [5.74, 6) is 1.46. The molecule has 35 heavy (non-hydrogen) atoms. The summed E-state index contributed by atoms with van der Waals surface area (Å²) in [5, 5.41) is 3.27. The first-order valence-electron chi connectivity index (χ1n) is 12.2. The summed E-state index contributed by atoms with van der Waals surface area (Å²) in [5.41, 5.74) is 10.2. The highest BCUT2D eigenvalue weighted by molar-refractivity contribution is 6.13. The van der Waals surface area contributed by atoms with Crippen molar-refractivity contribution >= 4 is 46.7 Å². The highest BCUT2D eigenvalue weighted by atomic mass is 16.2. The number of nitrogens with two attached hydrogens (primary N) is 1. The van der Waals surface area contributed by atoms with Crippen LogP contribution in [0.15, 0.2) is 43.0 Å². The number of anilines is 4. The van der Waals surface area contributed by atoms with Crippen LogP contribution in [-0.2, 0) is 4.79 Å². The number of allylic oxidation sites excluding steroid dienone is 1. The van der Waals surface area contributed by atoms with Crippen LogP contribution in [0.2, 0.25) is 0 Å². The van der Waals surface area contributed by atoms with E-state index in [1.54, 1.807) is 0 Å². The number of carbonyl (C=O) groups excluding carboxylic acids is 1. The Morgan fingerprint density at radius 3 is 2.66 bits per heavy atom. The molecule has 2 saturated heterocycles. The molecular weight excluding hydrogens is 440 g/mol. The average molecular weight is 474 g/mol. The molecule has 9 nitrogen and oxygen atoms in total. The van der Waals surface area contributed by atoms with Gasteiger partial charge in [0.15, 0.2) is 0 Å². The number of likely N-dealkylation sites (N-methyl/N-ethyl adjacent to an activating group) is 1. The van der Waals surface area contributed by atoms with Crippen molar-refractivity contribution in [3.05, 3.63) is 48.6 Å². The molecule has 0 radical (unpaired) electrons. The standard InChI is InChI=1S/C26H32N8O/c1-3-22(35)34-11-5-4-6-21(34)16-18-17-28-25-23(18)24(27)30-26(31-25)29-19-7-9-20(10-8-19)33-14-12-32(2)13-15-33/h3,7-10,16-17,21H,1,4-6,11-15H2,2H3,(H3,27,29,30,31)/p+1. The predicted molar refractivity (Wildman–Crippen MR) is 140 cm³/mol. The first-order chi connectivity index (χ1) is 17.0. The Kier molecular flexibility index (Phi) is 6.50. The number of piperidine rings is 1. The molecule has 2 fully saturated rings. The number of amides is 1. The summed E-state index contributed by atoms with van der Waals surface area (Å²) in [4.78, 5) is 31.3. The van der Waals surface area contributed by atoms with Gasteiger partial charge in [-0.2, -0.15) is 4.98 Å². The van der Waals surface area contributed by atoms with E-state index >= 15 is 0 Å². The lowest BCUT2D eigenvalue weighted by Crippen LogP contribution is -2.59. The molecule has 4 N–H and O–H groups in total. The maximum absolute atomic E-state index is 12.3. The number of carbonyl (C=O) groups is 1. The molecule has 1 atom stereocenters. The van der Waals surface area contributed by atoms with E-state index in [0.717, 1.165) is 68.8 Å². The third-order valence-electron chi connectivity index (χ3n) is 6.96. The SMILES string of the molecule is C=CC(=O)N1CCCCC1C=C1C=[NH+]c2nc(Nc3ccc(N4CCN(C)CC4)cc3)nc(N)c21. The van der Waals surface area contributed by atoms with Gasteiger partial charge in [-0.25, -0.2) is 4.99 Å². The van der Waals surface area contributed by atoms with E-state index in [1.165, 1.54) is 11.8 Å². The van der Waals surface area contributed by atoms with Gasteiger partial charge in [0.05, 0.1) is 12.3 Å². The van der Waals surface area contributed by atoms with Gasteiger partial charge in [-0.1, -0.05) is 12.7 Å². The molecule has 0 bridgehead atoms. The lowest BCUT2D eigenvalue weighted by atomic mass is 9.98. The molecule has 1 unspecified atom stereocenters. The molecule has 1 amide bonds. The second-order valence-electron chi connectivity index (χ2n) is 9.33. The lowest BCUT2D eigenvalue weighted by Gasteiger charge is -2.34. The molecule has 3 aliphatic rings. The molecule has 0 spiro atoms. The van der Waals surface area contributed by atoms with Crippen LogP contribution < -0.4 is 20.9 Å². The zero-order valence-electron chi connectivity index (χ0n) is 20.2. The van der Waals surface area contributed by atoms with E-state index in [4.69, 9.17) is 5.73 Å². The van der Waals surface area contributed by atoms with Crippen molar-refractivity contribution in [3.63, 3.8) is 0 Å². The smallest absolute Gasteiger partial charge is 0.345 e. The van der Waals surface area contributed by atoms with Gasteiger partial charge in [-0.05, 0) is 61.6 Å². The molecule has 5 rings (SSSR count). The monoisotopic (exact) mass is 473 g/mol. The number of rotatable bonds is 5. The Balaban J connectivity index is 1.31. The first-order valence-corrected chi connectivity index (χ1v) is 12.2. The van der Waals surface area contributed by atoms with Crippen LogP contribution in [0.4, 0.5) is 29.0 Å². The minimum atomic E-state index is -0.0415. The summed E-state index contributed by atoms with van der Waals surface area (Å²) in [7, 11) is 2.16. The summed E-state index contributed by atoms with van der Waals surface area (Å²) in [6.07, 6.45) is 8.36. The molecule has 1 aromatic heterocycles. The molecule has 2 aromatic rings. The van der Waals surface area contributed by atoms with Gasteiger partial charge in [0.25, 0.3) is 0 Å². The van der Waals surface area contributed by atoms with Gasteiger partial charge in [0, 0.05) is 49.7 Å². The number of fused-ring (bicyclic) bond motifs is 1. The molecule has 3 aliphatic heterocycles. The molecule has 1 aromatic carbocycles. The van der Waals surface area contributed by atoms with Gasteiger partial charge in [-0.3, -0.25) is 4.79 Å². The number of likely N-dealkylation sites (tertiary alicyclic amines) is 1. The van der Waals surface area contributed by atoms with Crippen LogP contribution in [0.25, 0.3) is 5.57 Å². The van der Waals surface area contributed by atoms with E-state index in [2.05, 4.69) is 61.9 Å². The number of hydrogen-bond donors (Lipinski definition) is 3. The highest BCUT2D eigenvalue weighted by Gasteiger charge is 2.30. The van der Waals surface area contributed by atoms with Crippen molar-refractivity contribution in [3.8, 4) is 0 Å². The summed E-state index contributed by atoms with van der Waals surface area (Å²) in [6.45, 7) is 8.60. The van der Waals surface area contributed by atoms with Crippen molar-refractivity contribution < 1.29 is 9.79 Å². The third-order valence-corrected chi connectivity index (χ3v) is 6.96. The van der Waals surface area contributed by atoms with Crippen LogP contribution in [0.3, 0.4) is 0 Å². The molecule has 0 aliphatic carbocycles. The molecule has 4 heterocycles. The highest BCUT2D eigenvalue weighted by Crippen LogP contribution is 2.30. The average Bonchev–Trinajstić information content (AvgIpc) is 3.28. The number of piperazine rings is 1. The third kappa shape index (κ3) is 4.90. The van der Waals surface area contributed by atoms with Crippen molar-refractivity contribution in [1.82, 2.24) is 19.8 Å². The molecular formula is C26H33N8O+. The largest absolute Gasteiger partial charge is 0.383 e. The fourth-order valence-electron chi connectivity index (χ4n) is 4.95. The van der Waals surface area contributed by atoms with Crippen LogP contribution in [-0.4, -0.2) is 77.7 Å². The Hall–Kier alpha value is -3.72. The minimum absolute atomic E-state index is 0.00395. The Morgan fingerprint density at radius 1 is 1.14 bits per heavy atom. The Bertz CT molecular complexity index is 1160. The topological polar surface area (TPSA) is 105 Å². The maximum Gasteiger partial charge on any atom is 0.345 e. The van der Waals surface area contributed by atoms with Crippen LogP contribution >= 0.6 is 0 Å². The van der Waals surface area contributed by atoms with Gasteiger partial charge in [0.1, 0.15) is 11.4 Å². The van der Waals surface area contributed by atoms with E-state index in [0.29, 0.717) is 17.6 Å². The zero-order valence-corrected chi connectivity index (χ0v) is 20.2. The molecule has 9 heteroatoms. The summed E-state index contributed by atoms with van der Waals surface area (Å²) in [6, 6.07) is 8.33. The van der Waals surface area contributed by atoms with Crippen molar-refractivity contribution in [2.24, 2.45) is 0 Å². The second kappa shape index (κ2) is 9.87. The number of nitrogens with zero attached hydrogens (tertiary/aromatic N) is 5. The van der Waals surface area contributed by atoms with E-state index in [1.807, 2.05) is 23.2 Å². The van der Waals surface area contributed by atoms with E-state index < -0.39 is 0 Å². The zero-order chi connectivity index (χ0) is 24.4. The quantitative estimate of drug-likeness (QED) is 0.563. The van der Waals surface area contributed by atoms with Crippen LogP contribution in [0.1, 0.15) is 24.8 Å². The van der Waals surface area contributed by atoms with Gasteiger partial charge in [-0.15, -0.1) is 0 Å². The Morgan fingerprint density at radius 2 is 1.91 bits per heavy atom. The van der Waals surface area contributed by atoms with Crippen LogP contribution in [0, 0.1) is 0 Å². The first kappa shape index (κ1) is 23.0. The van der Waals surface area contributed by atoms with Crippen molar-refractivity contribution in [1.29, 1.82) is 0 Å².